The predicted octanol–water partition coefficient (Wildman–Crippen LogP) is 14.1. The first-order valence-corrected chi connectivity index (χ1v) is 29.2. The Labute approximate surface area is 395 Å². The van der Waals surface area contributed by atoms with Gasteiger partial charge in [0.05, 0.1) is 30.5 Å². The first kappa shape index (κ1) is 46.7. The topological polar surface area (TPSA) is 56.7 Å². The fourth-order valence-corrected chi connectivity index (χ4v) is 10.4. The zero-order valence-corrected chi connectivity index (χ0v) is 44.0. The molecule has 9 aromatic rings. The number of furan rings is 1. The number of hydrogen-bond acceptors (Lipinski definition) is 4. The van der Waals surface area contributed by atoms with E-state index in [9.17, 15) is 0 Å². The minimum absolute atomic E-state index is 0. The van der Waals surface area contributed by atoms with E-state index in [2.05, 4.69) is 211 Å². The van der Waals surface area contributed by atoms with Gasteiger partial charge in [0.15, 0.2) is 0 Å². The van der Waals surface area contributed by atoms with Gasteiger partial charge >= 0.3 is 0 Å². The van der Waals surface area contributed by atoms with Crippen LogP contribution >= 0.6 is 0 Å². The van der Waals surface area contributed by atoms with E-state index in [1.54, 1.807) is 0 Å². The van der Waals surface area contributed by atoms with Crippen molar-refractivity contribution in [2.45, 2.75) is 99.1 Å². The Kier molecular flexibility index (Phi) is 13.1. The summed E-state index contributed by atoms with van der Waals surface area (Å²) >= 11 is 0. The van der Waals surface area contributed by atoms with Crippen LogP contribution < -0.4 is 10.4 Å². The molecule has 64 heavy (non-hydrogen) atoms. The Balaban J connectivity index is 0.000000210. The number of nitrogens with zero attached hydrogens (tertiary/aromatic N) is 4. The zero-order chi connectivity index (χ0) is 45.0. The summed E-state index contributed by atoms with van der Waals surface area (Å²) in [5.41, 5.74) is 15.2. The van der Waals surface area contributed by atoms with Gasteiger partial charge in [-0.1, -0.05) is 128 Å². The van der Waals surface area contributed by atoms with E-state index in [1.165, 1.54) is 43.9 Å². The molecule has 8 heteroatoms. The fourth-order valence-electron chi connectivity index (χ4n) is 8.27. The van der Waals surface area contributed by atoms with E-state index in [0.717, 1.165) is 55.7 Å². The molecule has 4 heterocycles. The van der Waals surface area contributed by atoms with Crippen molar-refractivity contribution in [3.63, 3.8) is 0 Å². The molecular weight excluding hydrogens is 993 g/mol. The van der Waals surface area contributed by atoms with Crippen molar-refractivity contribution in [2.75, 3.05) is 0 Å². The summed E-state index contributed by atoms with van der Waals surface area (Å²) in [6, 6.07) is 48.0. The molecular formula is C56H60IrN4OSi2-2. The van der Waals surface area contributed by atoms with Gasteiger partial charge in [-0.15, -0.1) is 58.8 Å². The van der Waals surface area contributed by atoms with E-state index >= 15 is 0 Å². The van der Waals surface area contributed by atoms with Gasteiger partial charge < -0.3 is 14.0 Å². The summed E-state index contributed by atoms with van der Waals surface area (Å²) in [5, 5.41) is 4.86. The van der Waals surface area contributed by atoms with Crippen LogP contribution in [0.3, 0.4) is 0 Å². The second-order valence-electron chi connectivity index (χ2n) is 20.4. The van der Waals surface area contributed by atoms with Crippen molar-refractivity contribution in [2.24, 2.45) is 0 Å². The molecule has 0 spiro atoms. The number of aromatic nitrogens is 4. The molecule has 0 aliphatic heterocycles. The van der Waals surface area contributed by atoms with Crippen LogP contribution in [0.4, 0.5) is 0 Å². The Morgan fingerprint density at radius 3 is 2.02 bits per heavy atom. The minimum Gasteiger partial charge on any atom is -0.486 e. The first-order chi connectivity index (χ1) is 29.8. The van der Waals surface area contributed by atoms with Crippen LogP contribution in [0.5, 0.6) is 0 Å². The molecule has 0 saturated carbocycles. The van der Waals surface area contributed by atoms with E-state index < -0.39 is 16.1 Å². The predicted molar refractivity (Wildman–Crippen MR) is 273 cm³/mol. The molecule has 0 atom stereocenters. The Bertz CT molecular complexity index is 3110. The summed E-state index contributed by atoms with van der Waals surface area (Å²) in [5.74, 6) is 1.28. The number of rotatable bonds is 7. The maximum absolute atomic E-state index is 5.83. The molecule has 0 N–H and O–H groups in total. The number of benzene rings is 5. The molecule has 0 aliphatic carbocycles. The average Bonchev–Trinajstić information content (AvgIpc) is 3.80. The summed E-state index contributed by atoms with van der Waals surface area (Å²) in [4.78, 5) is 14.3. The summed E-state index contributed by atoms with van der Waals surface area (Å²) in [6.07, 6.45) is 2.01. The zero-order valence-electron chi connectivity index (χ0n) is 39.7. The van der Waals surface area contributed by atoms with Crippen LogP contribution in [0.15, 0.2) is 126 Å². The second-order valence-corrected chi connectivity index (χ2v) is 30.6. The monoisotopic (exact) mass is 1050 g/mol. The molecule has 9 rings (SSSR count). The number of para-hydroxylation sites is 2. The number of fused-ring (bicyclic) bond motifs is 4. The molecule has 0 unspecified atom stereocenters. The Morgan fingerprint density at radius 2 is 1.38 bits per heavy atom. The van der Waals surface area contributed by atoms with Gasteiger partial charge in [-0.05, 0) is 100 Å². The average molecular weight is 1050 g/mol. The van der Waals surface area contributed by atoms with Gasteiger partial charge in [0.2, 0.25) is 5.71 Å². The van der Waals surface area contributed by atoms with Gasteiger partial charge in [-0.25, -0.2) is 4.98 Å². The third-order valence-corrected chi connectivity index (χ3v) is 16.1. The Hall–Kier alpha value is -5.25. The molecule has 329 valence electrons. The third-order valence-electron chi connectivity index (χ3n) is 12.0. The van der Waals surface area contributed by atoms with Crippen LogP contribution in [-0.2, 0) is 25.5 Å². The standard InChI is InChI=1S/C36H41N2Si.C20H19N2OSi.Ir/c1-24(2)30-22-27(29-15-11-10-14-25(29)3)23-31(36(4,5)6)34(30)38-33-17-13-12-16-32(33)37-35(38)26-18-20-28(21-19-26)39(7,8)9;1-13-5-8-16-17-11-14(6-10-19(17)23-20(16)22-13)18-9-7-15(12-21-18)24(2,3)4;/h10-18,20-24H,1-9H3;5,7-12H,1-4H3;/q2*-1;. The van der Waals surface area contributed by atoms with Crippen molar-refractivity contribution in [1.29, 1.82) is 0 Å². The van der Waals surface area contributed by atoms with Crippen LogP contribution in [0.1, 0.15) is 62.9 Å². The fraction of sp³-hybridized carbons (Fsp3) is 0.268. The van der Waals surface area contributed by atoms with Crippen molar-refractivity contribution >= 4 is 59.6 Å². The molecule has 5 nitrogen and oxygen atoms in total. The minimum atomic E-state index is -1.43. The molecule has 0 bridgehead atoms. The molecule has 4 aromatic heterocycles. The van der Waals surface area contributed by atoms with Gasteiger partial charge in [0.1, 0.15) is 0 Å². The quantitative estimate of drug-likeness (QED) is 0.118. The van der Waals surface area contributed by atoms with Gasteiger partial charge in [0, 0.05) is 51.1 Å². The second kappa shape index (κ2) is 18.0. The summed E-state index contributed by atoms with van der Waals surface area (Å²) in [7, 11) is -2.75. The molecule has 0 saturated heterocycles. The molecule has 5 aromatic carbocycles. The maximum atomic E-state index is 5.83. The number of pyridine rings is 2. The van der Waals surface area contributed by atoms with Crippen molar-refractivity contribution in [3.05, 3.63) is 156 Å². The van der Waals surface area contributed by atoms with Crippen LogP contribution in [0, 0.1) is 26.0 Å². The van der Waals surface area contributed by atoms with Crippen LogP contribution in [-0.4, -0.2) is 35.7 Å². The third kappa shape index (κ3) is 9.43. The first-order valence-electron chi connectivity index (χ1n) is 22.2. The summed E-state index contributed by atoms with van der Waals surface area (Å²) < 4.78 is 8.24. The molecule has 0 amide bonds. The van der Waals surface area contributed by atoms with E-state index in [4.69, 9.17) is 9.40 Å². The molecule has 1 radical (unpaired) electrons. The van der Waals surface area contributed by atoms with E-state index in [0.29, 0.717) is 11.6 Å². The Morgan fingerprint density at radius 1 is 0.688 bits per heavy atom. The van der Waals surface area contributed by atoms with Crippen molar-refractivity contribution in [1.82, 2.24) is 19.5 Å². The van der Waals surface area contributed by atoms with Gasteiger partial charge in [-0.3, -0.25) is 4.98 Å². The molecule has 0 aliphatic rings. The van der Waals surface area contributed by atoms with Gasteiger partial charge in [0.25, 0.3) is 0 Å². The van der Waals surface area contributed by atoms with Crippen LogP contribution in [0.2, 0.25) is 39.3 Å². The van der Waals surface area contributed by atoms with Crippen molar-refractivity contribution in [3.8, 4) is 39.5 Å². The van der Waals surface area contributed by atoms with Crippen molar-refractivity contribution < 1.29 is 24.5 Å². The smallest absolute Gasteiger partial charge is 0.216 e. The molecule has 0 fully saturated rings. The SMILES string of the molecule is Cc1ccc2c(n1)oc1c[c-]c(-c3ccc([Si](C)(C)C)cn3)cc12.Cc1ccccc1-c1cc(C(C)C)c(-n2c(-c3[c-]cc([Si](C)(C)C)cc3)nc3ccccc32)c(C(C)(C)C)c1.[Ir]. The van der Waals surface area contributed by atoms with Gasteiger partial charge in [-0.2, -0.15) is 0 Å². The number of aryl methyl sites for hydroxylation is 2. The largest absolute Gasteiger partial charge is 0.486 e. The van der Waals surface area contributed by atoms with E-state index in [1.807, 2.05) is 25.3 Å². The van der Waals surface area contributed by atoms with E-state index in [-0.39, 0.29) is 25.5 Å². The summed E-state index contributed by atoms with van der Waals surface area (Å²) in [6.45, 7) is 29.9. The maximum Gasteiger partial charge on any atom is 0.216 e. The number of imidazole rings is 1. The number of hydrogen-bond donors (Lipinski definition) is 0. The normalized spacial score (nSPS) is 12.2. The van der Waals surface area contributed by atoms with Crippen LogP contribution in [0.25, 0.3) is 72.6 Å².